The molecule has 1 aromatic carbocycles. The van der Waals surface area contributed by atoms with Crippen LogP contribution in [0.1, 0.15) is 0 Å². The Balaban J connectivity index is 2.95. The maximum absolute atomic E-state index is 10.8. The molecular formula is C9H13NO3S. The van der Waals surface area contributed by atoms with Gasteiger partial charge < -0.3 is 9.08 Å². The van der Waals surface area contributed by atoms with E-state index in [2.05, 4.69) is 0 Å². The highest BCUT2D eigenvalue weighted by Gasteiger charge is 2.05. The fourth-order valence-corrected chi connectivity index (χ4v) is 1.44. The van der Waals surface area contributed by atoms with Gasteiger partial charge in [-0.2, -0.15) is 8.42 Å². The molecule has 4 nitrogen and oxygen atoms in total. The number of anilines is 1. The monoisotopic (exact) mass is 215 g/mol. The lowest BCUT2D eigenvalue weighted by molar-refractivity contribution is 0.493. The highest BCUT2D eigenvalue weighted by atomic mass is 32.2. The lowest BCUT2D eigenvalue weighted by atomic mass is 10.3. The van der Waals surface area contributed by atoms with Crippen molar-refractivity contribution in [1.29, 1.82) is 0 Å². The summed E-state index contributed by atoms with van der Waals surface area (Å²) in [5.74, 6) is 0.332. The first-order valence-corrected chi connectivity index (χ1v) is 5.87. The molecule has 0 N–H and O–H groups in total. The summed E-state index contributed by atoms with van der Waals surface area (Å²) in [6.45, 7) is 0. The van der Waals surface area contributed by atoms with E-state index in [1.807, 2.05) is 25.1 Å². The van der Waals surface area contributed by atoms with E-state index in [9.17, 15) is 8.42 Å². The molecule has 78 valence electrons. The number of nitrogens with zero attached hydrogens (tertiary/aromatic N) is 1. The summed E-state index contributed by atoms with van der Waals surface area (Å²) >= 11 is 0. The average molecular weight is 215 g/mol. The van der Waals surface area contributed by atoms with Crippen molar-refractivity contribution in [2.24, 2.45) is 0 Å². The minimum atomic E-state index is -3.44. The summed E-state index contributed by atoms with van der Waals surface area (Å²) in [7, 11) is 0.311. The van der Waals surface area contributed by atoms with Crippen molar-refractivity contribution in [2.75, 3.05) is 25.3 Å². The van der Waals surface area contributed by atoms with Crippen molar-refractivity contribution in [3.63, 3.8) is 0 Å². The third kappa shape index (κ3) is 3.26. The minimum absolute atomic E-state index is 0.332. The Morgan fingerprint density at radius 1 is 1.29 bits per heavy atom. The van der Waals surface area contributed by atoms with E-state index in [0.717, 1.165) is 11.9 Å². The summed E-state index contributed by atoms with van der Waals surface area (Å²) in [4.78, 5) is 1.87. The zero-order valence-electron chi connectivity index (χ0n) is 8.39. The van der Waals surface area contributed by atoms with Crippen molar-refractivity contribution in [2.45, 2.75) is 0 Å². The second-order valence-electron chi connectivity index (χ2n) is 3.18. The molecular weight excluding hydrogens is 202 g/mol. The van der Waals surface area contributed by atoms with Crippen molar-refractivity contribution < 1.29 is 12.6 Å². The van der Waals surface area contributed by atoms with Crippen LogP contribution in [0.2, 0.25) is 0 Å². The Kier molecular flexibility index (Phi) is 3.00. The Labute approximate surface area is 84.2 Å². The molecule has 0 unspecified atom stereocenters. The molecule has 0 radical (unpaired) electrons. The predicted molar refractivity (Wildman–Crippen MR) is 56.2 cm³/mol. The zero-order chi connectivity index (χ0) is 10.8. The highest BCUT2D eigenvalue weighted by Crippen LogP contribution is 2.20. The number of hydrogen-bond acceptors (Lipinski definition) is 4. The predicted octanol–water partition coefficient (Wildman–Crippen LogP) is 1.09. The molecule has 0 saturated heterocycles. The fraction of sp³-hybridized carbons (Fsp3) is 0.333. The fourth-order valence-electron chi connectivity index (χ4n) is 0.988. The van der Waals surface area contributed by atoms with Crippen LogP contribution in [0.4, 0.5) is 5.69 Å². The van der Waals surface area contributed by atoms with Gasteiger partial charge in [-0.1, -0.05) is 6.07 Å². The zero-order valence-corrected chi connectivity index (χ0v) is 9.21. The second kappa shape index (κ2) is 3.88. The van der Waals surface area contributed by atoms with Crippen LogP contribution in [-0.4, -0.2) is 28.8 Å². The summed E-state index contributed by atoms with van der Waals surface area (Å²) in [6, 6.07) is 6.89. The lowest BCUT2D eigenvalue weighted by Gasteiger charge is -2.13. The van der Waals surface area contributed by atoms with E-state index in [1.165, 1.54) is 0 Å². The molecule has 0 fully saturated rings. The van der Waals surface area contributed by atoms with Crippen LogP contribution >= 0.6 is 0 Å². The Morgan fingerprint density at radius 3 is 2.43 bits per heavy atom. The van der Waals surface area contributed by atoms with Crippen molar-refractivity contribution in [3.8, 4) is 5.75 Å². The summed E-state index contributed by atoms with van der Waals surface area (Å²) in [6.07, 6.45) is 1.02. The Bertz CT molecular complexity index is 412. The normalized spacial score (nSPS) is 11.1. The molecule has 1 aromatic rings. The van der Waals surface area contributed by atoms with Gasteiger partial charge >= 0.3 is 10.1 Å². The molecule has 0 aliphatic rings. The van der Waals surface area contributed by atoms with Gasteiger partial charge in [-0.05, 0) is 12.1 Å². The van der Waals surface area contributed by atoms with Gasteiger partial charge in [0.25, 0.3) is 0 Å². The van der Waals surface area contributed by atoms with Crippen LogP contribution in [0.5, 0.6) is 5.75 Å². The number of hydrogen-bond donors (Lipinski definition) is 0. The van der Waals surface area contributed by atoms with E-state index < -0.39 is 10.1 Å². The van der Waals surface area contributed by atoms with Gasteiger partial charge in [0.05, 0.1) is 6.26 Å². The lowest BCUT2D eigenvalue weighted by Crippen LogP contribution is -2.10. The Morgan fingerprint density at radius 2 is 1.93 bits per heavy atom. The van der Waals surface area contributed by atoms with Crippen LogP contribution in [0.25, 0.3) is 0 Å². The molecule has 0 atom stereocenters. The average Bonchev–Trinajstić information content (AvgIpc) is 2.01. The summed E-state index contributed by atoms with van der Waals surface area (Å²) in [5, 5.41) is 0. The SMILES string of the molecule is CN(C)c1cccc(OS(C)(=O)=O)c1. The third-order valence-corrected chi connectivity index (χ3v) is 2.08. The van der Waals surface area contributed by atoms with Crippen LogP contribution in [-0.2, 0) is 10.1 Å². The molecule has 0 aromatic heterocycles. The maximum atomic E-state index is 10.8. The van der Waals surface area contributed by atoms with Crippen LogP contribution in [0, 0.1) is 0 Å². The first-order valence-electron chi connectivity index (χ1n) is 4.05. The van der Waals surface area contributed by atoms with Gasteiger partial charge in [0.1, 0.15) is 5.75 Å². The summed E-state index contributed by atoms with van der Waals surface area (Å²) < 4.78 is 26.4. The Hall–Kier alpha value is -1.23. The van der Waals surface area contributed by atoms with E-state index in [-0.39, 0.29) is 0 Å². The topological polar surface area (TPSA) is 46.6 Å². The van der Waals surface area contributed by atoms with Crippen LogP contribution < -0.4 is 9.08 Å². The van der Waals surface area contributed by atoms with Gasteiger partial charge in [0, 0.05) is 25.8 Å². The van der Waals surface area contributed by atoms with E-state index in [4.69, 9.17) is 4.18 Å². The van der Waals surface area contributed by atoms with Crippen molar-refractivity contribution >= 4 is 15.8 Å². The van der Waals surface area contributed by atoms with Gasteiger partial charge in [-0.15, -0.1) is 0 Å². The molecule has 0 heterocycles. The first kappa shape index (κ1) is 10.8. The highest BCUT2D eigenvalue weighted by molar-refractivity contribution is 7.86. The molecule has 5 heteroatoms. The molecule has 0 bridgehead atoms. The summed E-state index contributed by atoms with van der Waals surface area (Å²) in [5.41, 5.74) is 0.895. The molecule has 0 saturated carbocycles. The van der Waals surface area contributed by atoms with Gasteiger partial charge in [0.2, 0.25) is 0 Å². The van der Waals surface area contributed by atoms with Crippen molar-refractivity contribution in [1.82, 2.24) is 0 Å². The molecule has 1 rings (SSSR count). The number of rotatable bonds is 3. The molecule has 0 amide bonds. The molecule has 0 aliphatic carbocycles. The third-order valence-electron chi connectivity index (χ3n) is 1.58. The van der Waals surface area contributed by atoms with Crippen LogP contribution in [0.15, 0.2) is 24.3 Å². The van der Waals surface area contributed by atoms with Gasteiger partial charge in [-0.25, -0.2) is 0 Å². The van der Waals surface area contributed by atoms with E-state index >= 15 is 0 Å². The van der Waals surface area contributed by atoms with Crippen molar-refractivity contribution in [3.05, 3.63) is 24.3 Å². The molecule has 0 aliphatic heterocycles. The van der Waals surface area contributed by atoms with Crippen LogP contribution in [0.3, 0.4) is 0 Å². The number of benzene rings is 1. The second-order valence-corrected chi connectivity index (χ2v) is 4.75. The quantitative estimate of drug-likeness (QED) is 0.708. The smallest absolute Gasteiger partial charge is 0.306 e. The largest absolute Gasteiger partial charge is 0.383 e. The van der Waals surface area contributed by atoms with E-state index in [0.29, 0.717) is 5.75 Å². The van der Waals surface area contributed by atoms with Gasteiger partial charge in [0.15, 0.2) is 0 Å². The first-order chi connectivity index (χ1) is 6.38. The molecule has 0 spiro atoms. The standard InChI is InChI=1S/C9H13NO3S/c1-10(2)8-5-4-6-9(7-8)13-14(3,11)12/h4-7H,1-3H3. The van der Waals surface area contributed by atoms with E-state index in [1.54, 1.807) is 18.2 Å². The van der Waals surface area contributed by atoms with Gasteiger partial charge in [-0.3, -0.25) is 0 Å². The minimum Gasteiger partial charge on any atom is -0.383 e. The maximum Gasteiger partial charge on any atom is 0.306 e. The molecule has 14 heavy (non-hydrogen) atoms.